The lowest BCUT2D eigenvalue weighted by atomic mass is 9.94. The molecular weight excluding hydrogens is 190 g/mol. The molecule has 0 aromatic heterocycles. The van der Waals surface area contributed by atoms with Crippen LogP contribution in [0.2, 0.25) is 0 Å². The van der Waals surface area contributed by atoms with Gasteiger partial charge in [-0.3, -0.25) is 0 Å². The highest BCUT2D eigenvalue weighted by Crippen LogP contribution is 2.53. The van der Waals surface area contributed by atoms with Crippen LogP contribution >= 0.6 is 0 Å². The Morgan fingerprint density at radius 1 is 1.40 bits per heavy atom. The molecule has 0 bridgehead atoms. The summed E-state index contributed by atoms with van der Waals surface area (Å²) in [6.07, 6.45) is 0.328. The summed E-state index contributed by atoms with van der Waals surface area (Å²) in [6, 6.07) is 7.63. The Morgan fingerprint density at radius 2 is 2.20 bits per heavy atom. The highest BCUT2D eigenvalue weighted by molar-refractivity contribution is 5.47. The van der Waals surface area contributed by atoms with Gasteiger partial charge >= 0.3 is 0 Å². The lowest BCUT2D eigenvalue weighted by Gasteiger charge is -2.29. The number of ether oxygens (including phenoxy) is 2. The minimum Gasteiger partial charge on any atom is -0.485 e. The maximum absolute atomic E-state index is 8.81. The van der Waals surface area contributed by atoms with Crippen molar-refractivity contribution in [3.8, 4) is 11.8 Å². The van der Waals surface area contributed by atoms with E-state index in [1.165, 1.54) is 0 Å². The molecular formula is C12H11NO2. The van der Waals surface area contributed by atoms with Crippen LogP contribution in [-0.2, 0) is 4.74 Å². The normalized spacial score (nSPS) is 29.4. The molecule has 0 N–H and O–H groups in total. The van der Waals surface area contributed by atoms with Crippen molar-refractivity contribution in [1.82, 2.24) is 0 Å². The zero-order chi connectivity index (χ0) is 10.6. The number of hydrogen-bond donors (Lipinski definition) is 0. The highest BCUT2D eigenvalue weighted by atomic mass is 16.6. The van der Waals surface area contributed by atoms with Gasteiger partial charge in [0.1, 0.15) is 23.6 Å². The first kappa shape index (κ1) is 8.75. The van der Waals surface area contributed by atoms with Crippen LogP contribution in [0.15, 0.2) is 18.2 Å². The van der Waals surface area contributed by atoms with Crippen molar-refractivity contribution >= 4 is 0 Å². The van der Waals surface area contributed by atoms with Crippen LogP contribution in [0.25, 0.3) is 0 Å². The summed E-state index contributed by atoms with van der Waals surface area (Å²) in [4.78, 5) is 0. The summed E-state index contributed by atoms with van der Waals surface area (Å²) in [7, 11) is 0. The average molecular weight is 201 g/mol. The fourth-order valence-corrected chi connectivity index (χ4v) is 2.15. The molecule has 2 unspecified atom stereocenters. The Bertz CT molecular complexity index is 473. The Hall–Kier alpha value is -1.53. The molecule has 2 atom stereocenters. The van der Waals surface area contributed by atoms with E-state index in [4.69, 9.17) is 14.7 Å². The molecule has 1 aromatic rings. The Kier molecular flexibility index (Phi) is 1.48. The maximum atomic E-state index is 8.81. The maximum Gasteiger partial charge on any atom is 0.132 e. The van der Waals surface area contributed by atoms with Crippen LogP contribution in [0.5, 0.6) is 5.75 Å². The molecule has 1 aromatic carbocycles. The van der Waals surface area contributed by atoms with Crippen LogP contribution in [0, 0.1) is 11.3 Å². The van der Waals surface area contributed by atoms with Gasteiger partial charge in [-0.15, -0.1) is 0 Å². The van der Waals surface area contributed by atoms with Crippen LogP contribution in [-0.4, -0.2) is 11.7 Å². The Labute approximate surface area is 88.2 Å². The van der Waals surface area contributed by atoms with Gasteiger partial charge in [-0.2, -0.15) is 5.26 Å². The van der Waals surface area contributed by atoms with E-state index in [1.54, 1.807) is 12.1 Å². The fraction of sp³-hybridized carbons (Fsp3) is 0.417. The predicted octanol–water partition coefficient (Wildman–Crippen LogP) is 2.17. The molecule has 76 valence electrons. The van der Waals surface area contributed by atoms with E-state index in [2.05, 4.69) is 6.07 Å². The van der Waals surface area contributed by atoms with Crippen molar-refractivity contribution in [2.45, 2.75) is 31.7 Å². The molecule has 2 aliphatic heterocycles. The number of nitrogens with zero attached hydrogens (tertiary/aromatic N) is 1. The van der Waals surface area contributed by atoms with Crippen molar-refractivity contribution < 1.29 is 9.47 Å². The lowest BCUT2D eigenvalue weighted by molar-refractivity contribution is 0.0725. The van der Waals surface area contributed by atoms with Crippen LogP contribution in [0.3, 0.4) is 0 Å². The molecule has 3 heteroatoms. The van der Waals surface area contributed by atoms with E-state index >= 15 is 0 Å². The molecule has 0 saturated carbocycles. The number of fused-ring (bicyclic) bond motifs is 3. The second-order valence-electron chi connectivity index (χ2n) is 4.55. The molecule has 3 nitrogen and oxygen atoms in total. The minimum absolute atomic E-state index is 0.163. The van der Waals surface area contributed by atoms with E-state index < -0.39 is 0 Å². The lowest BCUT2D eigenvalue weighted by Crippen LogP contribution is -2.37. The van der Waals surface area contributed by atoms with E-state index in [0.717, 1.165) is 11.3 Å². The van der Waals surface area contributed by atoms with Gasteiger partial charge in [0.15, 0.2) is 0 Å². The topological polar surface area (TPSA) is 45.5 Å². The third-order valence-corrected chi connectivity index (χ3v) is 3.00. The summed E-state index contributed by atoms with van der Waals surface area (Å²) < 4.78 is 11.4. The zero-order valence-electron chi connectivity index (χ0n) is 8.65. The third-order valence-electron chi connectivity index (χ3n) is 3.00. The molecule has 15 heavy (non-hydrogen) atoms. The minimum atomic E-state index is -0.286. The van der Waals surface area contributed by atoms with Gasteiger partial charge in [-0.1, -0.05) is 6.07 Å². The van der Waals surface area contributed by atoms with Crippen molar-refractivity contribution in [2.24, 2.45) is 0 Å². The molecule has 1 saturated heterocycles. The molecule has 2 heterocycles. The summed E-state index contributed by atoms with van der Waals surface area (Å²) in [5, 5.41) is 8.81. The van der Waals surface area contributed by atoms with Gasteiger partial charge in [-0.05, 0) is 26.0 Å². The van der Waals surface area contributed by atoms with Gasteiger partial charge in [0.25, 0.3) is 0 Å². The number of nitriles is 1. The third kappa shape index (κ3) is 1.15. The van der Waals surface area contributed by atoms with Crippen molar-refractivity contribution in [3.05, 3.63) is 29.3 Å². The second kappa shape index (κ2) is 2.53. The van der Waals surface area contributed by atoms with E-state index in [-0.39, 0.29) is 17.8 Å². The first-order valence-corrected chi connectivity index (χ1v) is 5.00. The number of benzene rings is 1. The predicted molar refractivity (Wildman–Crippen MR) is 53.5 cm³/mol. The SMILES string of the molecule is CC1(C)Oc2cc(C#N)ccc2C2OC21. The summed E-state index contributed by atoms with van der Waals surface area (Å²) in [6.45, 7) is 4.03. The zero-order valence-corrected chi connectivity index (χ0v) is 8.65. The van der Waals surface area contributed by atoms with Gasteiger partial charge in [0.2, 0.25) is 0 Å². The molecule has 2 aliphatic rings. The molecule has 0 amide bonds. The smallest absolute Gasteiger partial charge is 0.132 e. The second-order valence-corrected chi connectivity index (χ2v) is 4.55. The largest absolute Gasteiger partial charge is 0.485 e. The molecule has 0 radical (unpaired) electrons. The van der Waals surface area contributed by atoms with Crippen LogP contribution in [0.4, 0.5) is 0 Å². The van der Waals surface area contributed by atoms with Gasteiger partial charge in [-0.25, -0.2) is 0 Å². The first-order chi connectivity index (χ1) is 7.12. The quantitative estimate of drug-likeness (QED) is 0.604. The first-order valence-electron chi connectivity index (χ1n) is 5.00. The number of epoxide rings is 1. The highest BCUT2D eigenvalue weighted by Gasteiger charge is 2.56. The standard InChI is InChI=1S/C12H11NO2/c1-12(2)11-10(14-11)8-4-3-7(6-13)5-9(8)15-12/h3-5,10-11H,1-2H3. The Balaban J connectivity index is 2.10. The van der Waals surface area contributed by atoms with Crippen molar-refractivity contribution in [2.75, 3.05) is 0 Å². The van der Waals surface area contributed by atoms with E-state index in [0.29, 0.717) is 5.56 Å². The summed E-state index contributed by atoms with van der Waals surface area (Å²) >= 11 is 0. The van der Waals surface area contributed by atoms with E-state index in [1.807, 2.05) is 19.9 Å². The number of hydrogen-bond acceptors (Lipinski definition) is 3. The average Bonchev–Trinajstić information content (AvgIpc) is 2.96. The van der Waals surface area contributed by atoms with Crippen LogP contribution in [0.1, 0.15) is 31.1 Å². The number of rotatable bonds is 0. The van der Waals surface area contributed by atoms with Crippen molar-refractivity contribution in [1.29, 1.82) is 5.26 Å². The van der Waals surface area contributed by atoms with Crippen LogP contribution < -0.4 is 4.74 Å². The van der Waals surface area contributed by atoms with Gasteiger partial charge in [0, 0.05) is 5.56 Å². The molecule has 0 aliphatic carbocycles. The molecule has 0 spiro atoms. The molecule has 3 rings (SSSR count). The van der Waals surface area contributed by atoms with Gasteiger partial charge < -0.3 is 9.47 Å². The Morgan fingerprint density at radius 3 is 2.93 bits per heavy atom. The van der Waals surface area contributed by atoms with Gasteiger partial charge in [0.05, 0.1) is 11.6 Å². The summed E-state index contributed by atoms with van der Waals surface area (Å²) in [5.41, 5.74) is 1.41. The summed E-state index contributed by atoms with van der Waals surface area (Å²) in [5.74, 6) is 0.790. The fourth-order valence-electron chi connectivity index (χ4n) is 2.15. The molecule has 1 fully saturated rings. The van der Waals surface area contributed by atoms with Crippen molar-refractivity contribution in [3.63, 3.8) is 0 Å². The van der Waals surface area contributed by atoms with E-state index in [9.17, 15) is 0 Å². The monoisotopic (exact) mass is 201 g/mol.